The van der Waals surface area contributed by atoms with E-state index in [1.165, 1.54) is 13.8 Å². The largest absolute Gasteiger partial charge is 0.459 e. The van der Waals surface area contributed by atoms with Crippen molar-refractivity contribution in [2.24, 2.45) is 0 Å². The van der Waals surface area contributed by atoms with Crippen molar-refractivity contribution in [1.29, 1.82) is 0 Å². The zero-order valence-corrected chi connectivity index (χ0v) is 14.7. The lowest BCUT2D eigenvalue weighted by molar-refractivity contribution is -0.160. The molecule has 8 heteroatoms. The van der Waals surface area contributed by atoms with Crippen LogP contribution in [0.15, 0.2) is 10.3 Å². The van der Waals surface area contributed by atoms with Gasteiger partial charge < -0.3 is 10.5 Å². The summed E-state index contributed by atoms with van der Waals surface area (Å²) >= 11 is 1.14. The van der Waals surface area contributed by atoms with Crippen molar-refractivity contribution >= 4 is 32.3 Å². The van der Waals surface area contributed by atoms with Crippen LogP contribution < -0.4 is 10.5 Å². The van der Waals surface area contributed by atoms with Gasteiger partial charge in [0.15, 0.2) is 0 Å². The molecule has 0 spiro atoms. The zero-order chi connectivity index (χ0) is 16.6. The Hall–Kier alpha value is -1.12. The molecule has 0 bridgehead atoms. The molecule has 0 atom stereocenters. The van der Waals surface area contributed by atoms with Crippen molar-refractivity contribution in [3.8, 4) is 0 Å². The summed E-state index contributed by atoms with van der Waals surface area (Å²) in [7, 11) is -3.90. The molecule has 0 aliphatic carbocycles. The number of carbonyl (C=O) groups is 1. The molecule has 6 nitrogen and oxygen atoms in total. The number of sulfonamides is 1. The second-order valence-corrected chi connectivity index (χ2v) is 8.87. The number of anilines is 1. The van der Waals surface area contributed by atoms with Gasteiger partial charge in [-0.25, -0.2) is 8.42 Å². The van der Waals surface area contributed by atoms with Crippen molar-refractivity contribution in [3.05, 3.63) is 10.9 Å². The van der Waals surface area contributed by atoms with E-state index in [4.69, 9.17) is 10.5 Å². The normalized spacial score (nSPS) is 13.2. The molecule has 1 aromatic rings. The molecule has 0 aliphatic heterocycles. The van der Waals surface area contributed by atoms with E-state index in [2.05, 4.69) is 4.72 Å². The fraction of sp³-hybridized carbons (Fsp3) is 0.615. The molecule has 0 aromatic carbocycles. The maximum absolute atomic E-state index is 12.4. The van der Waals surface area contributed by atoms with E-state index in [0.29, 0.717) is 5.56 Å². The number of aryl methyl sites for hydroxylation is 1. The van der Waals surface area contributed by atoms with Crippen LogP contribution in [0.25, 0.3) is 0 Å². The maximum Gasteiger partial charge on any atom is 0.327 e. The van der Waals surface area contributed by atoms with Crippen LogP contribution in [-0.4, -0.2) is 25.5 Å². The molecule has 0 saturated heterocycles. The van der Waals surface area contributed by atoms with Crippen molar-refractivity contribution in [2.75, 3.05) is 5.73 Å². The van der Waals surface area contributed by atoms with E-state index in [1.807, 2.05) is 0 Å². The first-order valence-electron chi connectivity index (χ1n) is 6.37. The maximum atomic E-state index is 12.4. The predicted octanol–water partition coefficient (Wildman–Crippen LogP) is 2.04. The second-order valence-electron chi connectivity index (χ2n) is 6.34. The van der Waals surface area contributed by atoms with Gasteiger partial charge in [0, 0.05) is 0 Å². The number of hydrogen-bond acceptors (Lipinski definition) is 6. The first kappa shape index (κ1) is 17.9. The lowest BCUT2D eigenvalue weighted by Gasteiger charge is -2.29. The van der Waals surface area contributed by atoms with Crippen LogP contribution >= 0.6 is 11.3 Å². The minimum atomic E-state index is -3.90. The summed E-state index contributed by atoms with van der Waals surface area (Å²) in [4.78, 5) is 12.1. The number of carbonyl (C=O) groups excluding carboxylic acids is 1. The van der Waals surface area contributed by atoms with Crippen molar-refractivity contribution in [2.45, 2.75) is 57.6 Å². The molecule has 0 amide bonds. The van der Waals surface area contributed by atoms with E-state index in [0.717, 1.165) is 11.3 Å². The molecule has 0 unspecified atom stereocenters. The number of thiophene rings is 1. The van der Waals surface area contributed by atoms with Gasteiger partial charge in [-0.1, -0.05) is 0 Å². The zero-order valence-electron chi connectivity index (χ0n) is 13.1. The Bertz CT molecular complexity index is 620. The third-order valence-corrected chi connectivity index (χ3v) is 5.43. The first-order chi connectivity index (χ1) is 9.26. The number of hydrogen-bond donors (Lipinski definition) is 2. The number of esters is 1. The van der Waals surface area contributed by atoms with Crippen LogP contribution in [-0.2, 0) is 19.6 Å². The van der Waals surface area contributed by atoms with Gasteiger partial charge in [-0.2, -0.15) is 4.72 Å². The summed E-state index contributed by atoms with van der Waals surface area (Å²) in [6.45, 7) is 9.72. The summed E-state index contributed by atoms with van der Waals surface area (Å²) < 4.78 is 32.5. The Labute approximate surface area is 129 Å². The Morgan fingerprint density at radius 2 is 1.81 bits per heavy atom. The average Bonchev–Trinajstić information content (AvgIpc) is 2.54. The van der Waals surface area contributed by atoms with Gasteiger partial charge in [-0.05, 0) is 52.5 Å². The van der Waals surface area contributed by atoms with Gasteiger partial charge in [0.25, 0.3) is 0 Å². The van der Waals surface area contributed by atoms with Gasteiger partial charge in [0.1, 0.15) is 21.0 Å². The number of rotatable bonds is 4. The molecule has 120 valence electrons. The molecule has 3 N–H and O–H groups in total. The Morgan fingerprint density at radius 3 is 2.19 bits per heavy atom. The van der Waals surface area contributed by atoms with E-state index < -0.39 is 27.1 Å². The van der Waals surface area contributed by atoms with Crippen LogP contribution in [0.4, 0.5) is 5.00 Å². The second kappa shape index (κ2) is 5.58. The highest BCUT2D eigenvalue weighted by Gasteiger charge is 2.38. The molecule has 0 aliphatic rings. The van der Waals surface area contributed by atoms with Gasteiger partial charge in [-0.3, -0.25) is 4.79 Å². The molecule has 0 saturated carbocycles. The Balaban J connectivity index is 3.06. The number of nitrogens with two attached hydrogens (primary N) is 1. The monoisotopic (exact) mass is 334 g/mol. The van der Waals surface area contributed by atoms with Crippen LogP contribution in [0, 0.1) is 6.92 Å². The number of nitrogens with one attached hydrogen (secondary N) is 1. The molecule has 21 heavy (non-hydrogen) atoms. The van der Waals surface area contributed by atoms with Crippen molar-refractivity contribution < 1.29 is 17.9 Å². The van der Waals surface area contributed by atoms with E-state index in [1.54, 1.807) is 33.1 Å². The first-order valence-corrected chi connectivity index (χ1v) is 8.73. The minimum Gasteiger partial charge on any atom is -0.459 e. The van der Waals surface area contributed by atoms with Gasteiger partial charge in [0.05, 0.1) is 0 Å². The summed E-state index contributed by atoms with van der Waals surface area (Å²) in [6, 6.07) is 0. The SMILES string of the molecule is Cc1csc(N)c1S(=O)(=O)NC(C)(C)C(=O)OC(C)(C)C. The lowest BCUT2D eigenvalue weighted by Crippen LogP contribution is -2.52. The van der Waals surface area contributed by atoms with E-state index >= 15 is 0 Å². The molecular weight excluding hydrogens is 312 g/mol. The summed E-state index contributed by atoms with van der Waals surface area (Å²) in [5, 5.41) is 1.85. The molecule has 1 heterocycles. The van der Waals surface area contributed by atoms with Gasteiger partial charge >= 0.3 is 5.97 Å². The minimum absolute atomic E-state index is 0.0177. The summed E-state index contributed by atoms with van der Waals surface area (Å²) in [5.41, 5.74) is 4.16. The van der Waals surface area contributed by atoms with Crippen LogP contribution in [0.5, 0.6) is 0 Å². The summed E-state index contributed by atoms with van der Waals surface area (Å²) in [5.74, 6) is -0.648. The quantitative estimate of drug-likeness (QED) is 0.821. The Morgan fingerprint density at radius 1 is 1.29 bits per heavy atom. The topological polar surface area (TPSA) is 98.5 Å². The Kier molecular flexibility index (Phi) is 4.77. The third-order valence-electron chi connectivity index (χ3n) is 2.51. The average molecular weight is 334 g/mol. The third kappa shape index (κ3) is 4.42. The fourth-order valence-corrected chi connectivity index (χ4v) is 4.47. The van der Waals surface area contributed by atoms with Gasteiger partial charge in [0.2, 0.25) is 10.0 Å². The molecular formula is C13H22N2O4S2. The standard InChI is InChI=1S/C13H22N2O4S2/c1-8-7-20-10(14)9(8)21(17,18)15-13(5,6)11(16)19-12(2,3)4/h7,15H,14H2,1-6H3. The lowest BCUT2D eigenvalue weighted by atomic mass is 10.1. The summed E-state index contributed by atoms with van der Waals surface area (Å²) in [6.07, 6.45) is 0. The highest BCUT2D eigenvalue weighted by Crippen LogP contribution is 2.30. The van der Waals surface area contributed by atoms with E-state index in [-0.39, 0.29) is 9.90 Å². The van der Waals surface area contributed by atoms with Crippen molar-refractivity contribution in [1.82, 2.24) is 4.72 Å². The fourth-order valence-electron chi connectivity index (χ4n) is 1.63. The van der Waals surface area contributed by atoms with Crippen molar-refractivity contribution in [3.63, 3.8) is 0 Å². The van der Waals surface area contributed by atoms with Crippen LogP contribution in [0.3, 0.4) is 0 Å². The van der Waals surface area contributed by atoms with Crippen LogP contribution in [0.1, 0.15) is 40.2 Å². The number of nitrogen functional groups attached to an aromatic ring is 1. The molecule has 0 radical (unpaired) electrons. The molecule has 1 aromatic heterocycles. The highest BCUT2D eigenvalue weighted by atomic mass is 32.2. The van der Waals surface area contributed by atoms with Crippen LogP contribution in [0.2, 0.25) is 0 Å². The van der Waals surface area contributed by atoms with Gasteiger partial charge in [-0.15, -0.1) is 11.3 Å². The smallest absolute Gasteiger partial charge is 0.327 e. The number of ether oxygens (including phenoxy) is 1. The molecule has 1 rings (SSSR count). The van der Waals surface area contributed by atoms with E-state index in [9.17, 15) is 13.2 Å². The highest BCUT2D eigenvalue weighted by molar-refractivity contribution is 7.90. The molecule has 0 fully saturated rings. The predicted molar refractivity (Wildman–Crippen MR) is 83.7 cm³/mol.